The number of aryl methyl sites for hydroxylation is 2. The number of hydrogen-bond donors (Lipinski definition) is 1. The second kappa shape index (κ2) is 5.49. The second-order valence-corrected chi connectivity index (χ2v) is 5.63. The molecule has 4 nitrogen and oxygen atoms in total. The van der Waals surface area contributed by atoms with Crippen molar-refractivity contribution in [2.45, 2.75) is 33.2 Å². The van der Waals surface area contributed by atoms with Gasteiger partial charge in [-0.2, -0.15) is 0 Å². The molecule has 1 aliphatic heterocycles. The van der Waals surface area contributed by atoms with Crippen molar-refractivity contribution in [1.29, 1.82) is 0 Å². The van der Waals surface area contributed by atoms with Crippen LogP contribution in [-0.2, 0) is 6.54 Å². The van der Waals surface area contributed by atoms with E-state index in [1.54, 1.807) is 11.3 Å². The molecule has 0 radical (unpaired) electrons. The summed E-state index contributed by atoms with van der Waals surface area (Å²) in [5, 5.41) is 4.53. The number of hydrogen-bond acceptors (Lipinski definition) is 3. The van der Waals surface area contributed by atoms with Gasteiger partial charge in [0.05, 0.1) is 12.2 Å². The molecule has 1 fully saturated rings. The third-order valence-corrected chi connectivity index (χ3v) is 4.16. The van der Waals surface area contributed by atoms with E-state index in [9.17, 15) is 0 Å². The summed E-state index contributed by atoms with van der Waals surface area (Å²) < 4.78 is 0. The molecule has 1 N–H and O–H groups in total. The van der Waals surface area contributed by atoms with Crippen molar-refractivity contribution in [3.63, 3.8) is 0 Å². The zero-order valence-electron chi connectivity index (χ0n) is 10.8. The quantitative estimate of drug-likeness (QED) is 0.646. The zero-order valence-corrected chi connectivity index (χ0v) is 11.6. The fraction of sp³-hybridized carbons (Fsp3) is 0.667. The van der Waals surface area contributed by atoms with Gasteiger partial charge in [0, 0.05) is 25.0 Å². The van der Waals surface area contributed by atoms with E-state index in [4.69, 9.17) is 0 Å². The Labute approximate surface area is 107 Å². The number of rotatable bonds is 2. The molecule has 1 aromatic heterocycles. The first-order valence-electron chi connectivity index (χ1n) is 6.09. The minimum absolute atomic E-state index is 0.780. The Morgan fingerprint density at radius 3 is 2.65 bits per heavy atom. The highest BCUT2D eigenvalue weighted by Gasteiger charge is 2.15. The molecule has 1 aromatic rings. The molecular formula is C12H20N4S. The number of thiazole rings is 1. The maximum absolute atomic E-state index is 4.53. The molecule has 0 spiro atoms. The van der Waals surface area contributed by atoms with Crippen LogP contribution in [0.5, 0.6) is 0 Å². The van der Waals surface area contributed by atoms with Gasteiger partial charge in [0.1, 0.15) is 5.01 Å². The van der Waals surface area contributed by atoms with E-state index in [1.165, 1.54) is 17.7 Å². The van der Waals surface area contributed by atoms with Gasteiger partial charge in [0.2, 0.25) is 0 Å². The SMILES string of the molecule is CN=C(NCc1nc(C)c(C)s1)N1CCCC1. The third kappa shape index (κ3) is 2.97. The lowest BCUT2D eigenvalue weighted by Crippen LogP contribution is -2.39. The van der Waals surface area contributed by atoms with Gasteiger partial charge in [-0.25, -0.2) is 4.98 Å². The van der Waals surface area contributed by atoms with Gasteiger partial charge in [0.15, 0.2) is 5.96 Å². The van der Waals surface area contributed by atoms with Gasteiger partial charge >= 0.3 is 0 Å². The first kappa shape index (κ1) is 12.4. The summed E-state index contributed by atoms with van der Waals surface area (Å²) >= 11 is 1.76. The molecule has 0 aromatic carbocycles. The largest absolute Gasteiger partial charge is 0.350 e. The van der Waals surface area contributed by atoms with E-state index in [2.05, 4.69) is 34.0 Å². The Hall–Kier alpha value is -1.10. The molecule has 2 rings (SSSR count). The molecule has 2 heterocycles. The number of nitrogens with one attached hydrogen (secondary N) is 1. The Morgan fingerprint density at radius 2 is 2.12 bits per heavy atom. The molecule has 0 unspecified atom stereocenters. The van der Waals surface area contributed by atoms with Crippen LogP contribution in [0.15, 0.2) is 4.99 Å². The summed E-state index contributed by atoms with van der Waals surface area (Å²) in [7, 11) is 1.85. The molecule has 94 valence electrons. The Kier molecular flexibility index (Phi) is 3.99. The van der Waals surface area contributed by atoms with Crippen molar-refractivity contribution in [3.8, 4) is 0 Å². The normalized spacial score (nSPS) is 16.6. The van der Waals surface area contributed by atoms with E-state index in [0.717, 1.165) is 36.3 Å². The average Bonchev–Trinajstić information content (AvgIpc) is 2.92. The van der Waals surface area contributed by atoms with Crippen LogP contribution in [0.25, 0.3) is 0 Å². The Balaban J connectivity index is 1.91. The van der Waals surface area contributed by atoms with Crippen LogP contribution < -0.4 is 5.32 Å². The van der Waals surface area contributed by atoms with E-state index < -0.39 is 0 Å². The van der Waals surface area contributed by atoms with Crippen LogP contribution in [0.1, 0.15) is 28.4 Å². The fourth-order valence-electron chi connectivity index (χ4n) is 2.03. The fourth-order valence-corrected chi connectivity index (χ4v) is 2.90. The van der Waals surface area contributed by atoms with Gasteiger partial charge in [-0.15, -0.1) is 11.3 Å². The van der Waals surface area contributed by atoms with Gasteiger partial charge in [0.25, 0.3) is 0 Å². The highest BCUT2D eigenvalue weighted by Crippen LogP contribution is 2.16. The van der Waals surface area contributed by atoms with Crippen LogP contribution in [0.3, 0.4) is 0 Å². The van der Waals surface area contributed by atoms with Crippen LogP contribution in [0, 0.1) is 13.8 Å². The van der Waals surface area contributed by atoms with E-state index in [1.807, 2.05) is 7.05 Å². The predicted octanol–water partition coefficient (Wildman–Crippen LogP) is 1.93. The highest BCUT2D eigenvalue weighted by atomic mass is 32.1. The summed E-state index contributed by atoms with van der Waals surface area (Å²) in [5.74, 6) is 1.01. The molecule has 0 atom stereocenters. The smallest absolute Gasteiger partial charge is 0.193 e. The summed E-state index contributed by atoms with van der Waals surface area (Å²) in [6.45, 7) is 7.20. The molecule has 0 amide bonds. The minimum Gasteiger partial charge on any atom is -0.350 e. The van der Waals surface area contributed by atoms with Crippen molar-refractivity contribution in [1.82, 2.24) is 15.2 Å². The molecular weight excluding hydrogens is 232 g/mol. The standard InChI is InChI=1S/C12H20N4S/c1-9-10(2)17-11(15-9)8-14-12(13-3)16-6-4-5-7-16/h4-8H2,1-3H3,(H,13,14). The molecule has 5 heteroatoms. The van der Waals surface area contributed by atoms with Crippen molar-refractivity contribution in [3.05, 3.63) is 15.6 Å². The number of likely N-dealkylation sites (tertiary alicyclic amines) is 1. The lowest BCUT2D eigenvalue weighted by atomic mass is 10.4. The zero-order chi connectivity index (χ0) is 12.3. The summed E-state index contributed by atoms with van der Waals surface area (Å²) in [6, 6.07) is 0. The van der Waals surface area contributed by atoms with Crippen molar-refractivity contribution < 1.29 is 0 Å². The first-order chi connectivity index (χ1) is 8.20. The van der Waals surface area contributed by atoms with Gasteiger partial charge in [-0.3, -0.25) is 4.99 Å². The highest BCUT2D eigenvalue weighted by molar-refractivity contribution is 7.11. The van der Waals surface area contributed by atoms with Crippen LogP contribution in [-0.4, -0.2) is 36.0 Å². The van der Waals surface area contributed by atoms with Crippen molar-refractivity contribution in [2.24, 2.45) is 4.99 Å². The summed E-state index contributed by atoms with van der Waals surface area (Å²) in [4.78, 5) is 12.5. The molecule has 17 heavy (non-hydrogen) atoms. The van der Waals surface area contributed by atoms with Gasteiger partial charge < -0.3 is 10.2 Å². The number of aromatic nitrogens is 1. The first-order valence-corrected chi connectivity index (χ1v) is 6.91. The monoisotopic (exact) mass is 252 g/mol. The molecule has 0 bridgehead atoms. The van der Waals surface area contributed by atoms with E-state index in [-0.39, 0.29) is 0 Å². The average molecular weight is 252 g/mol. The second-order valence-electron chi connectivity index (χ2n) is 4.34. The van der Waals surface area contributed by atoms with Gasteiger partial charge in [-0.1, -0.05) is 0 Å². The molecule has 0 aliphatic carbocycles. The topological polar surface area (TPSA) is 40.5 Å². The van der Waals surface area contributed by atoms with Crippen molar-refractivity contribution >= 4 is 17.3 Å². The Bertz CT molecular complexity index is 385. The Morgan fingerprint density at radius 1 is 1.41 bits per heavy atom. The summed E-state index contributed by atoms with van der Waals surface area (Å²) in [6.07, 6.45) is 2.55. The number of nitrogens with zero attached hydrogens (tertiary/aromatic N) is 3. The molecule has 1 saturated heterocycles. The van der Waals surface area contributed by atoms with Crippen molar-refractivity contribution in [2.75, 3.05) is 20.1 Å². The maximum Gasteiger partial charge on any atom is 0.193 e. The van der Waals surface area contributed by atoms with Crippen LogP contribution in [0.4, 0.5) is 0 Å². The third-order valence-electron chi connectivity index (χ3n) is 3.09. The maximum atomic E-state index is 4.53. The van der Waals surface area contributed by atoms with Crippen LogP contribution in [0.2, 0.25) is 0 Å². The number of aliphatic imine (C=N–C) groups is 1. The molecule has 0 saturated carbocycles. The summed E-state index contributed by atoms with van der Waals surface area (Å²) in [5.41, 5.74) is 1.14. The lowest BCUT2D eigenvalue weighted by molar-refractivity contribution is 0.493. The lowest BCUT2D eigenvalue weighted by Gasteiger charge is -2.20. The predicted molar refractivity (Wildman–Crippen MR) is 72.6 cm³/mol. The molecule has 1 aliphatic rings. The number of guanidine groups is 1. The van der Waals surface area contributed by atoms with E-state index >= 15 is 0 Å². The van der Waals surface area contributed by atoms with E-state index in [0.29, 0.717) is 0 Å². The van der Waals surface area contributed by atoms with Gasteiger partial charge in [-0.05, 0) is 26.7 Å². The van der Waals surface area contributed by atoms with Crippen LogP contribution >= 0.6 is 11.3 Å². The minimum atomic E-state index is 0.780.